The van der Waals surface area contributed by atoms with Crippen molar-refractivity contribution in [1.82, 2.24) is 5.32 Å². The van der Waals surface area contributed by atoms with Crippen LogP contribution in [-0.4, -0.2) is 31.4 Å². The van der Waals surface area contributed by atoms with Crippen LogP contribution in [0.5, 0.6) is 5.75 Å². The third-order valence-electron chi connectivity index (χ3n) is 5.45. The molecule has 0 atom stereocenters. The number of hydrogen-bond acceptors (Lipinski definition) is 4. The average molecular weight is 480 g/mol. The van der Waals surface area contributed by atoms with Gasteiger partial charge in [0.25, 0.3) is 11.8 Å². The van der Waals surface area contributed by atoms with Crippen molar-refractivity contribution in [3.05, 3.63) is 114 Å². The van der Waals surface area contributed by atoms with Crippen LogP contribution in [0.25, 0.3) is 11.1 Å². The number of methoxy groups -OCH3 is 1. The van der Waals surface area contributed by atoms with Crippen molar-refractivity contribution in [3.8, 4) is 16.9 Å². The highest BCUT2D eigenvalue weighted by molar-refractivity contribution is 6.05. The van der Waals surface area contributed by atoms with Crippen LogP contribution < -0.4 is 20.7 Å². The lowest BCUT2D eigenvalue weighted by atomic mass is 10.0. The highest BCUT2D eigenvalue weighted by atomic mass is 16.5. The van der Waals surface area contributed by atoms with Crippen LogP contribution in [0.2, 0.25) is 0 Å². The molecule has 0 fully saturated rings. The molecule has 0 bridgehead atoms. The Hall–Kier alpha value is -4.91. The second-order valence-corrected chi connectivity index (χ2v) is 7.91. The lowest BCUT2D eigenvalue weighted by molar-refractivity contribution is -0.115. The molecule has 0 spiro atoms. The van der Waals surface area contributed by atoms with Gasteiger partial charge in [-0.25, -0.2) is 0 Å². The molecule has 0 saturated heterocycles. The van der Waals surface area contributed by atoms with Crippen molar-refractivity contribution >= 4 is 29.1 Å². The number of para-hydroxylation sites is 2. The van der Waals surface area contributed by atoms with Gasteiger partial charge in [-0.1, -0.05) is 54.6 Å². The van der Waals surface area contributed by atoms with Gasteiger partial charge >= 0.3 is 0 Å². The number of rotatable bonds is 8. The van der Waals surface area contributed by atoms with Crippen LogP contribution in [0.4, 0.5) is 11.4 Å². The number of benzene rings is 4. The predicted molar refractivity (Wildman–Crippen MR) is 140 cm³/mol. The number of nitrogens with one attached hydrogen (secondary N) is 3. The summed E-state index contributed by atoms with van der Waals surface area (Å²) >= 11 is 0. The first-order valence-electron chi connectivity index (χ1n) is 11.3. The Bertz CT molecular complexity index is 1350. The zero-order valence-electron chi connectivity index (χ0n) is 19.7. The molecular weight excluding hydrogens is 454 g/mol. The third-order valence-corrected chi connectivity index (χ3v) is 5.45. The number of anilines is 2. The molecule has 4 rings (SSSR count). The maximum Gasteiger partial charge on any atom is 0.255 e. The third kappa shape index (κ3) is 6.15. The van der Waals surface area contributed by atoms with E-state index in [0.717, 1.165) is 11.1 Å². The summed E-state index contributed by atoms with van der Waals surface area (Å²) in [5, 5.41) is 8.13. The molecule has 0 aliphatic heterocycles. The van der Waals surface area contributed by atoms with E-state index in [0.29, 0.717) is 28.3 Å². The largest absolute Gasteiger partial charge is 0.495 e. The molecule has 0 aliphatic carbocycles. The summed E-state index contributed by atoms with van der Waals surface area (Å²) < 4.78 is 5.24. The molecule has 0 saturated carbocycles. The van der Waals surface area contributed by atoms with Gasteiger partial charge in [-0.05, 0) is 59.7 Å². The van der Waals surface area contributed by atoms with Crippen molar-refractivity contribution in [2.45, 2.75) is 0 Å². The van der Waals surface area contributed by atoms with Crippen LogP contribution in [0.15, 0.2) is 103 Å². The van der Waals surface area contributed by atoms with Gasteiger partial charge in [-0.3, -0.25) is 14.4 Å². The topological polar surface area (TPSA) is 96.5 Å². The molecule has 4 aromatic rings. The van der Waals surface area contributed by atoms with E-state index < -0.39 is 0 Å². The maximum atomic E-state index is 12.5. The van der Waals surface area contributed by atoms with Crippen LogP contribution in [0, 0.1) is 0 Å². The van der Waals surface area contributed by atoms with E-state index in [2.05, 4.69) is 16.0 Å². The predicted octanol–water partition coefficient (Wildman–Crippen LogP) is 4.98. The van der Waals surface area contributed by atoms with Crippen LogP contribution in [-0.2, 0) is 4.79 Å². The van der Waals surface area contributed by atoms with Crippen LogP contribution in [0.1, 0.15) is 20.7 Å². The van der Waals surface area contributed by atoms with E-state index in [1.54, 1.807) is 54.6 Å². The Labute approximate surface area is 209 Å². The Kier molecular flexibility index (Phi) is 7.73. The number of hydrogen-bond donors (Lipinski definition) is 3. The molecule has 4 aromatic carbocycles. The maximum absolute atomic E-state index is 12.5. The van der Waals surface area contributed by atoms with E-state index in [9.17, 15) is 14.4 Å². The molecule has 3 N–H and O–H groups in total. The fourth-order valence-electron chi connectivity index (χ4n) is 3.56. The van der Waals surface area contributed by atoms with Crippen molar-refractivity contribution in [1.29, 1.82) is 0 Å². The second kappa shape index (κ2) is 11.5. The first-order chi connectivity index (χ1) is 17.5. The first-order valence-corrected chi connectivity index (χ1v) is 11.3. The smallest absolute Gasteiger partial charge is 0.255 e. The van der Waals surface area contributed by atoms with Gasteiger partial charge in [-0.15, -0.1) is 0 Å². The number of carbonyl (C=O) groups excluding carboxylic acids is 3. The van der Waals surface area contributed by atoms with E-state index in [-0.39, 0.29) is 24.3 Å². The zero-order valence-corrected chi connectivity index (χ0v) is 19.7. The Morgan fingerprint density at radius 2 is 1.22 bits per heavy atom. The summed E-state index contributed by atoms with van der Waals surface area (Å²) in [6.45, 7) is -0.185. The summed E-state index contributed by atoms with van der Waals surface area (Å²) in [5.74, 6) is -0.463. The Morgan fingerprint density at radius 1 is 0.639 bits per heavy atom. The van der Waals surface area contributed by atoms with Crippen molar-refractivity contribution < 1.29 is 19.1 Å². The van der Waals surface area contributed by atoms with E-state index in [1.165, 1.54) is 7.11 Å². The first kappa shape index (κ1) is 24.2. The van der Waals surface area contributed by atoms with E-state index >= 15 is 0 Å². The van der Waals surface area contributed by atoms with Gasteiger partial charge in [0.05, 0.1) is 19.3 Å². The van der Waals surface area contributed by atoms with Gasteiger partial charge in [-0.2, -0.15) is 0 Å². The second-order valence-electron chi connectivity index (χ2n) is 7.91. The Morgan fingerprint density at radius 3 is 1.92 bits per heavy atom. The minimum absolute atomic E-state index is 0.185. The van der Waals surface area contributed by atoms with Crippen molar-refractivity contribution in [3.63, 3.8) is 0 Å². The van der Waals surface area contributed by atoms with Gasteiger partial charge < -0.3 is 20.7 Å². The van der Waals surface area contributed by atoms with E-state index in [4.69, 9.17) is 4.74 Å². The highest BCUT2D eigenvalue weighted by Gasteiger charge is 2.11. The summed E-state index contributed by atoms with van der Waals surface area (Å²) in [7, 11) is 1.53. The molecule has 36 heavy (non-hydrogen) atoms. The molecule has 0 aromatic heterocycles. The molecule has 7 nitrogen and oxygen atoms in total. The van der Waals surface area contributed by atoms with Crippen molar-refractivity contribution in [2.75, 3.05) is 24.3 Å². The molecule has 0 aliphatic rings. The number of ether oxygens (including phenoxy) is 1. The normalized spacial score (nSPS) is 10.2. The van der Waals surface area contributed by atoms with Gasteiger partial charge in [0.1, 0.15) is 5.75 Å². The minimum atomic E-state index is -0.379. The highest BCUT2D eigenvalue weighted by Crippen LogP contribution is 2.24. The van der Waals surface area contributed by atoms with Crippen LogP contribution >= 0.6 is 0 Å². The van der Waals surface area contributed by atoms with Crippen molar-refractivity contribution in [2.24, 2.45) is 0 Å². The fraction of sp³-hybridized carbons (Fsp3) is 0.0690. The Balaban J connectivity index is 1.27. The molecule has 3 amide bonds. The molecule has 0 heterocycles. The molecule has 0 unspecified atom stereocenters. The van der Waals surface area contributed by atoms with Crippen LogP contribution in [0.3, 0.4) is 0 Å². The average Bonchev–Trinajstić information content (AvgIpc) is 2.93. The molecule has 7 heteroatoms. The van der Waals surface area contributed by atoms with Gasteiger partial charge in [0.15, 0.2) is 0 Å². The molecular formula is C29H25N3O4. The minimum Gasteiger partial charge on any atom is -0.495 e. The standard InChI is InChI=1S/C29H25N3O4/c1-36-26-10-6-5-9-25(26)32-29(35)23-15-17-24(18-16-23)31-27(33)19-30-28(34)22-13-11-21(12-14-22)20-7-3-2-4-8-20/h2-18H,19H2,1H3,(H,30,34)(H,31,33)(H,32,35). The number of carbonyl (C=O) groups is 3. The summed E-state index contributed by atoms with van der Waals surface area (Å²) in [4.78, 5) is 37.2. The lowest BCUT2D eigenvalue weighted by Gasteiger charge is -2.11. The van der Waals surface area contributed by atoms with E-state index in [1.807, 2.05) is 48.5 Å². The molecule has 180 valence electrons. The number of amides is 3. The van der Waals surface area contributed by atoms with Gasteiger partial charge in [0, 0.05) is 16.8 Å². The summed E-state index contributed by atoms with van der Waals surface area (Å²) in [6, 6.07) is 30.6. The zero-order chi connectivity index (χ0) is 25.3. The SMILES string of the molecule is COc1ccccc1NC(=O)c1ccc(NC(=O)CNC(=O)c2ccc(-c3ccccc3)cc2)cc1. The lowest BCUT2D eigenvalue weighted by Crippen LogP contribution is -2.32. The fourth-order valence-corrected chi connectivity index (χ4v) is 3.56. The summed E-state index contributed by atoms with van der Waals surface area (Å²) in [6.07, 6.45) is 0. The summed E-state index contributed by atoms with van der Waals surface area (Å²) in [5.41, 5.74) is 4.03. The monoisotopic (exact) mass is 479 g/mol. The van der Waals surface area contributed by atoms with Gasteiger partial charge in [0.2, 0.25) is 5.91 Å². The molecule has 0 radical (unpaired) electrons. The quantitative estimate of drug-likeness (QED) is 0.332.